The van der Waals surface area contributed by atoms with Crippen LogP contribution in [0.2, 0.25) is 0 Å². The van der Waals surface area contributed by atoms with Crippen molar-refractivity contribution in [3.05, 3.63) is 23.2 Å². The van der Waals surface area contributed by atoms with Crippen molar-refractivity contribution in [2.75, 3.05) is 26.0 Å². The van der Waals surface area contributed by atoms with Crippen molar-refractivity contribution in [1.29, 1.82) is 0 Å². The van der Waals surface area contributed by atoms with Crippen LogP contribution in [0, 0.1) is 4.84 Å². The monoisotopic (exact) mass is 342 g/mol. The molecule has 118 valence electrons. The first kappa shape index (κ1) is 15.3. The molecule has 1 aliphatic rings. The molecule has 0 radical (unpaired) electrons. The molecule has 9 heteroatoms. The summed E-state index contributed by atoms with van der Waals surface area (Å²) in [5, 5.41) is 4.21. The molecule has 7 nitrogen and oxygen atoms in total. The number of thioether (sulfide) groups is 1. The summed E-state index contributed by atoms with van der Waals surface area (Å²) < 4.78 is 17.2. The molecule has 0 aromatic carbocycles. The average molecular weight is 342 g/mol. The zero-order chi connectivity index (χ0) is 15.5. The van der Waals surface area contributed by atoms with E-state index in [0.717, 1.165) is 12.3 Å². The molecular weight excluding hydrogens is 326 g/mol. The molecule has 3 rings (SSSR count). The van der Waals surface area contributed by atoms with Crippen molar-refractivity contribution in [3.63, 3.8) is 0 Å². The molecule has 1 N–H and O–H groups in total. The van der Waals surface area contributed by atoms with Gasteiger partial charge in [0.05, 0.1) is 19.9 Å². The molecule has 2 atom stereocenters. The summed E-state index contributed by atoms with van der Waals surface area (Å²) in [5.74, 6) is 1.62. The molecular formula is C13H16N3O4S2+. The van der Waals surface area contributed by atoms with Crippen LogP contribution in [0.1, 0.15) is 0 Å². The van der Waals surface area contributed by atoms with E-state index in [-0.39, 0.29) is 11.2 Å². The second kappa shape index (κ2) is 6.67. The molecule has 1 saturated heterocycles. The van der Waals surface area contributed by atoms with E-state index in [1.54, 1.807) is 34.8 Å². The third kappa shape index (κ3) is 3.26. The topological polar surface area (TPSA) is 74.8 Å². The molecule has 0 bridgehead atoms. The molecule has 1 unspecified atom stereocenters. The summed E-state index contributed by atoms with van der Waals surface area (Å²) >= 11 is 6.83. The Labute approximate surface area is 136 Å². The highest BCUT2D eigenvalue weighted by Crippen LogP contribution is 2.17. The molecule has 2 aromatic rings. The smallest absolute Gasteiger partial charge is 0.324 e. The lowest BCUT2D eigenvalue weighted by Crippen LogP contribution is -3.14. The maximum atomic E-state index is 11.7. The van der Waals surface area contributed by atoms with Crippen LogP contribution in [0.4, 0.5) is 0 Å². The molecule has 22 heavy (non-hydrogen) atoms. The van der Waals surface area contributed by atoms with E-state index in [1.165, 1.54) is 12.0 Å². The maximum absolute atomic E-state index is 11.7. The Morgan fingerprint density at radius 3 is 3.27 bits per heavy atom. The van der Waals surface area contributed by atoms with E-state index in [1.807, 2.05) is 0 Å². The first-order valence-corrected chi connectivity index (χ1v) is 8.28. The van der Waals surface area contributed by atoms with Crippen LogP contribution in [0.5, 0.6) is 0 Å². The fraction of sp³-hybridized carbons (Fsp3) is 0.462. The summed E-state index contributed by atoms with van der Waals surface area (Å²) in [6.45, 7) is 2.17. The van der Waals surface area contributed by atoms with Gasteiger partial charge in [-0.2, -0.15) is 4.68 Å². The predicted molar refractivity (Wildman–Crippen MR) is 82.0 cm³/mol. The first-order valence-electron chi connectivity index (χ1n) is 6.82. The Hall–Kier alpha value is -1.58. The number of hydrogen-bond acceptors (Lipinski definition) is 7. The number of rotatable bonds is 4. The van der Waals surface area contributed by atoms with Gasteiger partial charge in [0.2, 0.25) is 0 Å². The van der Waals surface area contributed by atoms with E-state index < -0.39 is 0 Å². The van der Waals surface area contributed by atoms with Gasteiger partial charge in [-0.3, -0.25) is 4.79 Å². The highest BCUT2D eigenvalue weighted by molar-refractivity contribution is 8.00. The summed E-state index contributed by atoms with van der Waals surface area (Å²) in [6, 6.07) is 3.53. The van der Waals surface area contributed by atoms with E-state index >= 15 is 0 Å². The number of carbonyl (C=O) groups excluding carboxylic acids is 1. The summed E-state index contributed by atoms with van der Waals surface area (Å²) in [6.07, 6.45) is 1.56. The van der Waals surface area contributed by atoms with Crippen LogP contribution in [0.25, 0.3) is 11.7 Å². The number of aromatic nitrogens is 2. The molecule has 0 saturated carbocycles. The Morgan fingerprint density at radius 1 is 1.68 bits per heavy atom. The number of hydrogen-bond donors (Lipinski definition) is 1. The third-order valence-corrected chi connectivity index (χ3v) is 4.92. The SMILES string of the molecule is COC(=O)[C@@H]1C[NH+](Cn2nc(-c3ccco3)oc2=S)CCS1. The van der Waals surface area contributed by atoms with Crippen LogP contribution in [-0.2, 0) is 16.2 Å². The van der Waals surface area contributed by atoms with Crippen molar-refractivity contribution in [2.45, 2.75) is 11.9 Å². The number of quaternary nitrogens is 1. The largest absolute Gasteiger partial charge is 0.468 e. The maximum Gasteiger partial charge on any atom is 0.324 e. The number of carbonyl (C=O) groups is 1. The van der Waals surface area contributed by atoms with Gasteiger partial charge >= 0.3 is 5.97 Å². The standard InChI is InChI=1S/C13H15N3O4S2/c1-18-12(17)10-7-15(4-6-22-10)8-16-13(21)20-11(14-16)9-3-2-5-19-9/h2-3,5,10H,4,6-8H2,1H3/p+1/t10-/m0/s1. The van der Waals surface area contributed by atoms with Crippen LogP contribution in [0.15, 0.2) is 27.2 Å². The Bertz CT molecular complexity index is 694. The zero-order valence-corrected chi connectivity index (χ0v) is 13.6. The van der Waals surface area contributed by atoms with Gasteiger partial charge in [0.1, 0.15) is 6.54 Å². The number of ether oxygens (including phenoxy) is 1. The van der Waals surface area contributed by atoms with Gasteiger partial charge in [0, 0.05) is 5.75 Å². The number of methoxy groups -OCH3 is 1. The van der Waals surface area contributed by atoms with Crippen molar-refractivity contribution in [3.8, 4) is 11.7 Å². The first-order chi connectivity index (χ1) is 10.7. The van der Waals surface area contributed by atoms with Gasteiger partial charge in [-0.05, 0) is 24.4 Å². The minimum Gasteiger partial charge on any atom is -0.468 e. The van der Waals surface area contributed by atoms with Gasteiger partial charge in [-0.25, -0.2) is 0 Å². The lowest BCUT2D eigenvalue weighted by molar-refractivity contribution is -0.921. The summed E-state index contributed by atoms with van der Waals surface area (Å²) in [4.78, 5) is 13.2. The molecule has 0 spiro atoms. The average Bonchev–Trinajstić information content (AvgIpc) is 3.17. The fourth-order valence-corrected chi connectivity index (χ4v) is 3.77. The van der Waals surface area contributed by atoms with Crippen LogP contribution in [0.3, 0.4) is 0 Å². The molecule has 3 heterocycles. The van der Waals surface area contributed by atoms with Crippen LogP contribution in [-0.4, -0.2) is 47.0 Å². The summed E-state index contributed by atoms with van der Waals surface area (Å²) in [5.41, 5.74) is 0. The zero-order valence-electron chi connectivity index (χ0n) is 12.0. The second-order valence-electron chi connectivity index (χ2n) is 4.89. The van der Waals surface area contributed by atoms with Crippen molar-refractivity contribution >= 4 is 29.9 Å². The Balaban J connectivity index is 1.71. The van der Waals surface area contributed by atoms with E-state index in [4.69, 9.17) is 25.8 Å². The van der Waals surface area contributed by atoms with Crippen LogP contribution >= 0.6 is 24.0 Å². The van der Waals surface area contributed by atoms with Crippen LogP contribution < -0.4 is 4.90 Å². The normalized spacial score (nSPS) is 21.7. The Morgan fingerprint density at radius 2 is 2.55 bits per heavy atom. The number of furan rings is 1. The van der Waals surface area contributed by atoms with Crippen molar-refractivity contribution in [2.24, 2.45) is 0 Å². The summed E-state index contributed by atoms with van der Waals surface area (Å²) in [7, 11) is 1.42. The van der Waals surface area contributed by atoms with Crippen molar-refractivity contribution < 1.29 is 23.3 Å². The van der Waals surface area contributed by atoms with Gasteiger partial charge in [-0.15, -0.1) is 16.9 Å². The lowest BCUT2D eigenvalue weighted by atomic mass is 10.3. The number of esters is 1. The Kier molecular flexibility index (Phi) is 4.65. The predicted octanol–water partition coefficient (Wildman–Crippen LogP) is 0.596. The fourth-order valence-electron chi connectivity index (χ4n) is 2.31. The minimum atomic E-state index is -0.178. The van der Waals surface area contributed by atoms with E-state index in [0.29, 0.717) is 29.7 Å². The minimum absolute atomic E-state index is 0.139. The van der Waals surface area contributed by atoms with Crippen molar-refractivity contribution in [1.82, 2.24) is 9.78 Å². The number of nitrogens with zero attached hydrogens (tertiary/aromatic N) is 2. The molecule has 1 fully saturated rings. The highest BCUT2D eigenvalue weighted by Gasteiger charge is 2.30. The van der Waals surface area contributed by atoms with Gasteiger partial charge in [0.25, 0.3) is 10.7 Å². The van der Waals surface area contributed by atoms with Gasteiger partial charge < -0.3 is 18.5 Å². The molecule has 0 aliphatic carbocycles. The van der Waals surface area contributed by atoms with E-state index in [9.17, 15) is 4.79 Å². The highest BCUT2D eigenvalue weighted by atomic mass is 32.2. The molecule has 0 amide bonds. The van der Waals surface area contributed by atoms with E-state index in [2.05, 4.69) is 5.10 Å². The van der Waals surface area contributed by atoms with Gasteiger partial charge in [0.15, 0.2) is 17.7 Å². The lowest BCUT2D eigenvalue weighted by Gasteiger charge is -2.27. The third-order valence-electron chi connectivity index (χ3n) is 3.42. The number of nitrogens with one attached hydrogen (secondary N) is 1. The molecule has 1 aliphatic heterocycles. The van der Waals surface area contributed by atoms with Gasteiger partial charge in [-0.1, -0.05) is 0 Å². The molecule has 2 aromatic heterocycles. The quantitative estimate of drug-likeness (QED) is 0.644. The second-order valence-corrected chi connectivity index (χ2v) is 6.55.